The van der Waals surface area contributed by atoms with E-state index in [1.54, 1.807) is 15.8 Å². The van der Waals surface area contributed by atoms with E-state index in [1.807, 2.05) is 35.2 Å². The summed E-state index contributed by atoms with van der Waals surface area (Å²) in [6.45, 7) is 3.57. The predicted octanol–water partition coefficient (Wildman–Crippen LogP) is 1.17. The summed E-state index contributed by atoms with van der Waals surface area (Å²) in [5, 5.41) is 8.06. The van der Waals surface area contributed by atoms with Gasteiger partial charge in [0.15, 0.2) is 5.69 Å². The van der Waals surface area contributed by atoms with E-state index in [2.05, 4.69) is 10.3 Å². The Labute approximate surface area is 146 Å². The van der Waals surface area contributed by atoms with Crippen molar-refractivity contribution in [2.45, 2.75) is 25.9 Å². The molecule has 2 fully saturated rings. The first-order chi connectivity index (χ1) is 12.2. The molecular weight excluding hydrogens is 318 g/mol. The Morgan fingerprint density at radius 1 is 1.20 bits per heavy atom. The zero-order valence-electron chi connectivity index (χ0n) is 14.0. The lowest BCUT2D eigenvalue weighted by Gasteiger charge is -2.29. The van der Waals surface area contributed by atoms with Gasteiger partial charge in [-0.25, -0.2) is 0 Å². The number of nitrogens with zero attached hydrogens (tertiary/aromatic N) is 5. The van der Waals surface area contributed by atoms with Crippen LogP contribution in [0.4, 0.5) is 0 Å². The van der Waals surface area contributed by atoms with Crippen LogP contribution in [0.2, 0.25) is 0 Å². The average molecular weight is 339 g/mol. The Morgan fingerprint density at radius 3 is 2.72 bits per heavy atom. The van der Waals surface area contributed by atoms with Gasteiger partial charge in [-0.15, -0.1) is 5.10 Å². The average Bonchev–Trinajstić information content (AvgIpc) is 3.14. The van der Waals surface area contributed by atoms with Crippen molar-refractivity contribution < 1.29 is 9.59 Å². The standard InChI is InChI=1S/C18H21N5O2/c24-17-9-15(11-22(17)10-14-5-2-1-3-6-14)12-23-13-16(19-20-23)18(25)21-7-4-8-21/h1-3,5-6,13,15H,4,7-12H2. The number of aromatic nitrogens is 3. The highest BCUT2D eigenvalue weighted by Crippen LogP contribution is 2.21. The van der Waals surface area contributed by atoms with E-state index in [1.165, 1.54) is 0 Å². The van der Waals surface area contributed by atoms with Gasteiger partial charge in [0.1, 0.15) is 0 Å². The van der Waals surface area contributed by atoms with Gasteiger partial charge >= 0.3 is 0 Å². The molecule has 0 saturated carbocycles. The third-order valence-corrected chi connectivity index (χ3v) is 4.86. The Balaban J connectivity index is 1.35. The number of carbonyl (C=O) groups is 2. The second kappa shape index (κ2) is 6.66. The van der Waals surface area contributed by atoms with Crippen molar-refractivity contribution in [2.24, 2.45) is 5.92 Å². The summed E-state index contributed by atoms with van der Waals surface area (Å²) in [4.78, 5) is 28.0. The highest BCUT2D eigenvalue weighted by atomic mass is 16.2. The van der Waals surface area contributed by atoms with Crippen LogP contribution in [0.15, 0.2) is 36.5 Å². The number of benzene rings is 1. The molecule has 7 nitrogen and oxygen atoms in total. The molecule has 2 aliphatic rings. The second-order valence-corrected chi connectivity index (χ2v) is 6.80. The van der Waals surface area contributed by atoms with Crippen LogP contribution < -0.4 is 0 Å². The molecule has 2 aliphatic heterocycles. The smallest absolute Gasteiger partial charge is 0.276 e. The minimum Gasteiger partial charge on any atom is -0.338 e. The summed E-state index contributed by atoms with van der Waals surface area (Å²) in [6, 6.07) is 10.0. The fourth-order valence-corrected chi connectivity index (χ4v) is 3.36. The van der Waals surface area contributed by atoms with E-state index < -0.39 is 0 Å². The normalized spacial score (nSPS) is 20.0. The third-order valence-electron chi connectivity index (χ3n) is 4.86. The maximum atomic E-state index is 12.2. The number of likely N-dealkylation sites (tertiary alicyclic amines) is 2. The van der Waals surface area contributed by atoms with Crippen LogP contribution in [0.25, 0.3) is 0 Å². The van der Waals surface area contributed by atoms with Crippen molar-refractivity contribution in [1.29, 1.82) is 0 Å². The van der Waals surface area contributed by atoms with Crippen LogP contribution in [-0.2, 0) is 17.9 Å². The first kappa shape index (κ1) is 15.8. The zero-order chi connectivity index (χ0) is 17.2. The molecule has 7 heteroatoms. The molecule has 2 saturated heterocycles. The highest BCUT2D eigenvalue weighted by Gasteiger charge is 2.30. The zero-order valence-corrected chi connectivity index (χ0v) is 14.0. The van der Waals surface area contributed by atoms with E-state index in [-0.39, 0.29) is 17.7 Å². The Morgan fingerprint density at radius 2 is 2.00 bits per heavy atom. The van der Waals surface area contributed by atoms with Crippen LogP contribution in [0.3, 0.4) is 0 Å². The lowest BCUT2D eigenvalue weighted by atomic mass is 10.1. The van der Waals surface area contributed by atoms with E-state index in [0.717, 1.165) is 25.1 Å². The fraction of sp³-hybridized carbons (Fsp3) is 0.444. The molecular formula is C18H21N5O2. The van der Waals surface area contributed by atoms with E-state index in [9.17, 15) is 9.59 Å². The number of hydrogen-bond acceptors (Lipinski definition) is 4. The molecule has 0 bridgehead atoms. The summed E-state index contributed by atoms with van der Waals surface area (Å²) in [5.41, 5.74) is 1.53. The Hall–Kier alpha value is -2.70. The minimum absolute atomic E-state index is 0.0503. The molecule has 0 N–H and O–H groups in total. The van der Waals surface area contributed by atoms with E-state index in [4.69, 9.17) is 0 Å². The largest absolute Gasteiger partial charge is 0.338 e. The molecule has 1 unspecified atom stereocenters. The van der Waals surface area contributed by atoms with Crippen molar-refractivity contribution in [3.63, 3.8) is 0 Å². The topological polar surface area (TPSA) is 71.3 Å². The van der Waals surface area contributed by atoms with Crippen LogP contribution in [0.5, 0.6) is 0 Å². The molecule has 0 aliphatic carbocycles. The molecule has 130 valence electrons. The van der Waals surface area contributed by atoms with Crippen molar-refractivity contribution in [3.05, 3.63) is 47.8 Å². The van der Waals surface area contributed by atoms with Gasteiger partial charge in [0.2, 0.25) is 5.91 Å². The lowest BCUT2D eigenvalue weighted by Crippen LogP contribution is -2.42. The molecule has 0 radical (unpaired) electrons. The molecule has 1 atom stereocenters. The summed E-state index contributed by atoms with van der Waals surface area (Å²) in [6.07, 6.45) is 3.27. The third kappa shape index (κ3) is 3.40. The van der Waals surface area contributed by atoms with E-state index >= 15 is 0 Å². The number of rotatable bonds is 5. The molecule has 2 aromatic rings. The summed E-state index contributed by atoms with van der Waals surface area (Å²) in [7, 11) is 0. The van der Waals surface area contributed by atoms with Gasteiger partial charge in [0.05, 0.1) is 6.20 Å². The van der Waals surface area contributed by atoms with Crippen LogP contribution in [-0.4, -0.2) is 56.2 Å². The molecule has 0 spiro atoms. The second-order valence-electron chi connectivity index (χ2n) is 6.80. The molecule has 1 aromatic carbocycles. The van der Waals surface area contributed by atoms with Crippen LogP contribution in [0.1, 0.15) is 28.9 Å². The molecule has 25 heavy (non-hydrogen) atoms. The number of hydrogen-bond donors (Lipinski definition) is 0. The monoisotopic (exact) mass is 339 g/mol. The predicted molar refractivity (Wildman–Crippen MR) is 90.5 cm³/mol. The summed E-state index contributed by atoms with van der Waals surface area (Å²) < 4.78 is 1.69. The highest BCUT2D eigenvalue weighted by molar-refractivity contribution is 5.92. The summed E-state index contributed by atoms with van der Waals surface area (Å²) in [5.74, 6) is 0.321. The number of carbonyl (C=O) groups excluding carboxylic acids is 2. The van der Waals surface area contributed by atoms with Crippen molar-refractivity contribution in [1.82, 2.24) is 24.8 Å². The van der Waals surface area contributed by atoms with Crippen molar-refractivity contribution in [3.8, 4) is 0 Å². The first-order valence-electron chi connectivity index (χ1n) is 8.70. The molecule has 3 heterocycles. The number of amides is 2. The van der Waals surface area contributed by atoms with E-state index in [0.29, 0.717) is 31.7 Å². The fourth-order valence-electron chi connectivity index (χ4n) is 3.36. The van der Waals surface area contributed by atoms with Gasteiger partial charge in [-0.2, -0.15) is 0 Å². The molecule has 2 amide bonds. The van der Waals surface area contributed by atoms with Crippen molar-refractivity contribution in [2.75, 3.05) is 19.6 Å². The van der Waals surface area contributed by atoms with Gasteiger partial charge in [-0.3, -0.25) is 14.3 Å². The quantitative estimate of drug-likeness (QED) is 0.820. The Kier molecular flexibility index (Phi) is 4.21. The summed E-state index contributed by atoms with van der Waals surface area (Å²) >= 11 is 0. The molecule has 4 rings (SSSR count). The minimum atomic E-state index is -0.0503. The van der Waals surface area contributed by atoms with Gasteiger partial charge in [0.25, 0.3) is 5.91 Å². The van der Waals surface area contributed by atoms with Crippen LogP contribution in [0, 0.1) is 5.92 Å². The Bertz CT molecular complexity index is 769. The van der Waals surface area contributed by atoms with Gasteiger partial charge in [-0.05, 0) is 12.0 Å². The van der Waals surface area contributed by atoms with Crippen molar-refractivity contribution >= 4 is 11.8 Å². The van der Waals surface area contributed by atoms with Gasteiger partial charge in [-0.1, -0.05) is 35.5 Å². The SMILES string of the molecule is O=C1CC(Cn2cc(C(=O)N3CCC3)nn2)CN1Cc1ccccc1. The first-order valence-corrected chi connectivity index (χ1v) is 8.70. The maximum Gasteiger partial charge on any atom is 0.276 e. The molecule has 1 aromatic heterocycles. The lowest BCUT2D eigenvalue weighted by molar-refractivity contribution is -0.128. The van der Waals surface area contributed by atoms with Gasteiger partial charge < -0.3 is 9.80 Å². The maximum absolute atomic E-state index is 12.2. The van der Waals surface area contributed by atoms with Crippen LogP contribution >= 0.6 is 0 Å². The van der Waals surface area contributed by atoms with Gasteiger partial charge in [0, 0.05) is 45.1 Å².